The van der Waals surface area contributed by atoms with Gasteiger partial charge < -0.3 is 25.0 Å². The van der Waals surface area contributed by atoms with Crippen LogP contribution in [0.25, 0.3) is 0 Å². The monoisotopic (exact) mass is 522 g/mol. The lowest BCUT2D eigenvalue weighted by molar-refractivity contribution is -0.189. The van der Waals surface area contributed by atoms with E-state index in [4.69, 9.17) is 9.47 Å². The number of amides is 3. The molecule has 198 valence electrons. The second-order valence-corrected chi connectivity index (χ2v) is 7.46. The van der Waals surface area contributed by atoms with Crippen molar-refractivity contribution >= 4 is 23.3 Å². The molecule has 1 heterocycles. The summed E-state index contributed by atoms with van der Waals surface area (Å²) in [5.74, 6) is -2.99. The number of methoxy groups -OCH3 is 1. The van der Waals surface area contributed by atoms with Gasteiger partial charge in [0.05, 0.1) is 24.9 Å². The summed E-state index contributed by atoms with van der Waals surface area (Å²) in [6, 6.07) is 1.64. The molecule has 0 bridgehead atoms. The van der Waals surface area contributed by atoms with Crippen LogP contribution in [0.2, 0.25) is 0 Å². The number of ether oxygens (including phenoxy) is 2. The Bertz CT molecular complexity index is 1100. The summed E-state index contributed by atoms with van der Waals surface area (Å²) in [5, 5.41) is 4.42. The van der Waals surface area contributed by atoms with E-state index in [0.717, 1.165) is 0 Å². The van der Waals surface area contributed by atoms with Crippen LogP contribution in [-0.4, -0.2) is 60.7 Å². The molecule has 3 amide bonds. The van der Waals surface area contributed by atoms with Crippen molar-refractivity contribution in [2.24, 2.45) is 0 Å². The van der Waals surface area contributed by atoms with E-state index in [1.807, 2.05) is 5.32 Å². The molecule has 0 radical (unpaired) electrons. The molecule has 14 heteroatoms. The zero-order chi connectivity index (χ0) is 27.2. The normalized spacial score (nSPS) is 12.2. The van der Waals surface area contributed by atoms with Gasteiger partial charge in [0.25, 0.3) is 12.3 Å². The minimum Gasteiger partial charge on any atom is -0.480 e. The van der Waals surface area contributed by atoms with Crippen LogP contribution < -0.4 is 20.1 Å². The van der Waals surface area contributed by atoms with Crippen LogP contribution in [0.4, 0.5) is 42.5 Å². The van der Waals surface area contributed by atoms with Gasteiger partial charge in [-0.15, -0.1) is 0 Å². The Balaban J connectivity index is 2.48. The van der Waals surface area contributed by atoms with Gasteiger partial charge in [0.1, 0.15) is 17.3 Å². The fraction of sp³-hybridized carbons (Fsp3) is 0.409. The number of halogens is 6. The topological polar surface area (TPSA) is 92.8 Å². The summed E-state index contributed by atoms with van der Waals surface area (Å²) in [6.07, 6.45) is -8.73. The molecule has 0 fully saturated rings. The van der Waals surface area contributed by atoms with Crippen LogP contribution in [0.3, 0.4) is 0 Å². The highest BCUT2D eigenvalue weighted by Gasteiger charge is 2.39. The molecule has 0 aliphatic rings. The van der Waals surface area contributed by atoms with Gasteiger partial charge in [-0.3, -0.25) is 4.79 Å². The van der Waals surface area contributed by atoms with Crippen molar-refractivity contribution in [1.82, 2.24) is 9.88 Å². The highest BCUT2D eigenvalue weighted by Crippen LogP contribution is 2.33. The van der Waals surface area contributed by atoms with Crippen molar-refractivity contribution in [2.45, 2.75) is 39.5 Å². The zero-order valence-corrected chi connectivity index (χ0v) is 19.7. The van der Waals surface area contributed by atoms with Crippen molar-refractivity contribution < 1.29 is 45.4 Å². The first-order valence-corrected chi connectivity index (χ1v) is 10.5. The third-order valence-electron chi connectivity index (χ3n) is 4.90. The molecule has 0 saturated heterocycles. The number of anilines is 2. The number of carbonyl (C=O) groups is 2. The van der Waals surface area contributed by atoms with Gasteiger partial charge in [0.15, 0.2) is 6.10 Å². The van der Waals surface area contributed by atoms with E-state index in [0.29, 0.717) is 29.5 Å². The van der Waals surface area contributed by atoms with Crippen LogP contribution in [0.5, 0.6) is 11.6 Å². The SMILES string of the molecule is CCN(CC(F)F)C(=O)Nc1cc(O[C@@H](C)C(F)(F)F)c(C(=O)Nc2c(C)ccnc2OC)cc1F. The standard InChI is InChI=1S/C22H24F6N4O4/c1-5-32(10-17(24)25)21(34)30-15-9-16(36-12(3)22(26,27)28)13(8-14(15)23)19(33)31-18-11(2)6-7-29-20(18)35-4/h6-9,12,17H,5,10H2,1-4H3,(H,30,34)(H,31,33)/t12-/m0/s1. The molecule has 0 saturated carbocycles. The number of aryl methyl sites for hydroxylation is 1. The van der Waals surface area contributed by atoms with E-state index in [2.05, 4.69) is 10.3 Å². The van der Waals surface area contributed by atoms with Crippen LogP contribution in [0.1, 0.15) is 29.8 Å². The van der Waals surface area contributed by atoms with E-state index in [1.54, 1.807) is 6.92 Å². The maximum atomic E-state index is 14.8. The number of alkyl halides is 5. The zero-order valence-electron chi connectivity index (χ0n) is 19.7. The Hall–Kier alpha value is -3.71. The van der Waals surface area contributed by atoms with E-state index in [9.17, 15) is 35.9 Å². The van der Waals surface area contributed by atoms with Crippen molar-refractivity contribution in [3.8, 4) is 11.6 Å². The molecule has 1 aromatic carbocycles. The molecule has 0 spiro atoms. The largest absolute Gasteiger partial charge is 0.480 e. The second-order valence-electron chi connectivity index (χ2n) is 7.46. The van der Waals surface area contributed by atoms with Crippen LogP contribution in [-0.2, 0) is 0 Å². The van der Waals surface area contributed by atoms with E-state index in [1.165, 1.54) is 26.3 Å². The second kappa shape index (κ2) is 11.8. The number of urea groups is 1. The summed E-state index contributed by atoms with van der Waals surface area (Å²) in [5.41, 5.74) is -0.733. The fourth-order valence-corrected chi connectivity index (χ4v) is 2.92. The lowest BCUT2D eigenvalue weighted by Gasteiger charge is -2.23. The van der Waals surface area contributed by atoms with Crippen LogP contribution in [0.15, 0.2) is 24.4 Å². The predicted octanol–water partition coefficient (Wildman–Crippen LogP) is 5.24. The Morgan fingerprint density at radius 3 is 2.42 bits per heavy atom. The predicted molar refractivity (Wildman–Crippen MR) is 118 cm³/mol. The van der Waals surface area contributed by atoms with Crippen molar-refractivity contribution in [3.63, 3.8) is 0 Å². The average Bonchev–Trinajstić information content (AvgIpc) is 2.79. The van der Waals surface area contributed by atoms with Gasteiger partial charge in [-0.25, -0.2) is 22.9 Å². The van der Waals surface area contributed by atoms with Gasteiger partial charge in [0.2, 0.25) is 5.88 Å². The van der Waals surface area contributed by atoms with E-state index < -0.39 is 60.0 Å². The molecular formula is C22H24F6N4O4. The van der Waals surface area contributed by atoms with Crippen molar-refractivity contribution in [1.29, 1.82) is 0 Å². The fourth-order valence-electron chi connectivity index (χ4n) is 2.92. The Kier molecular flexibility index (Phi) is 9.36. The molecule has 2 N–H and O–H groups in total. The minimum absolute atomic E-state index is 0.00230. The Morgan fingerprint density at radius 1 is 1.19 bits per heavy atom. The number of nitrogens with zero attached hydrogens (tertiary/aromatic N) is 2. The summed E-state index contributed by atoms with van der Waals surface area (Å²) >= 11 is 0. The quantitative estimate of drug-likeness (QED) is 0.440. The molecule has 1 atom stereocenters. The van der Waals surface area contributed by atoms with Crippen LogP contribution in [0, 0.1) is 12.7 Å². The van der Waals surface area contributed by atoms with Crippen molar-refractivity contribution in [2.75, 3.05) is 30.8 Å². The molecular weight excluding hydrogens is 498 g/mol. The van der Waals surface area contributed by atoms with Gasteiger partial charge in [-0.05, 0) is 38.5 Å². The Morgan fingerprint density at radius 2 is 1.86 bits per heavy atom. The van der Waals surface area contributed by atoms with Gasteiger partial charge in [-0.2, -0.15) is 13.2 Å². The summed E-state index contributed by atoms with van der Waals surface area (Å²) in [7, 11) is 1.28. The maximum absolute atomic E-state index is 14.8. The number of hydrogen-bond acceptors (Lipinski definition) is 5. The molecule has 0 unspecified atom stereocenters. The number of hydrogen-bond donors (Lipinski definition) is 2. The molecule has 2 aromatic rings. The number of benzene rings is 1. The summed E-state index contributed by atoms with van der Waals surface area (Å²) in [4.78, 5) is 29.8. The number of pyridine rings is 1. The van der Waals surface area contributed by atoms with Crippen LogP contribution >= 0.6 is 0 Å². The third-order valence-corrected chi connectivity index (χ3v) is 4.90. The first-order valence-electron chi connectivity index (χ1n) is 10.5. The lowest BCUT2D eigenvalue weighted by atomic mass is 10.1. The average molecular weight is 522 g/mol. The first-order chi connectivity index (χ1) is 16.8. The highest BCUT2D eigenvalue weighted by molar-refractivity contribution is 6.07. The van der Waals surface area contributed by atoms with E-state index >= 15 is 0 Å². The molecule has 0 aliphatic carbocycles. The number of nitrogens with one attached hydrogen (secondary N) is 2. The maximum Gasteiger partial charge on any atom is 0.425 e. The van der Waals surface area contributed by atoms with Crippen molar-refractivity contribution in [3.05, 3.63) is 41.3 Å². The first kappa shape index (κ1) is 28.5. The number of rotatable bonds is 9. The van der Waals surface area contributed by atoms with E-state index in [-0.39, 0.29) is 18.1 Å². The molecule has 2 rings (SSSR count). The van der Waals surface area contributed by atoms with Gasteiger partial charge in [-0.1, -0.05) is 0 Å². The smallest absolute Gasteiger partial charge is 0.425 e. The van der Waals surface area contributed by atoms with Gasteiger partial charge >= 0.3 is 12.2 Å². The van der Waals surface area contributed by atoms with Gasteiger partial charge in [0, 0.05) is 18.8 Å². The minimum atomic E-state index is -4.84. The molecule has 1 aromatic heterocycles. The number of carbonyl (C=O) groups excluding carboxylic acids is 2. The number of aromatic nitrogens is 1. The third kappa shape index (κ3) is 7.15. The highest BCUT2D eigenvalue weighted by atomic mass is 19.4. The lowest BCUT2D eigenvalue weighted by Crippen LogP contribution is -2.38. The molecule has 36 heavy (non-hydrogen) atoms. The molecule has 0 aliphatic heterocycles. The summed E-state index contributed by atoms with van der Waals surface area (Å²) in [6.45, 7) is 2.56. The summed E-state index contributed by atoms with van der Waals surface area (Å²) < 4.78 is 89.7. The molecule has 8 nitrogen and oxygen atoms in total. The Labute approximate surface area is 202 Å².